The molecule has 1 aromatic heterocycles. The fourth-order valence-corrected chi connectivity index (χ4v) is 3.01. The van der Waals surface area contributed by atoms with Gasteiger partial charge in [0.25, 0.3) is 0 Å². The monoisotopic (exact) mass is 364 g/mol. The predicted octanol–water partition coefficient (Wildman–Crippen LogP) is 1.88. The summed E-state index contributed by atoms with van der Waals surface area (Å²) in [5.41, 5.74) is 0.983. The largest absolute Gasteiger partial charge is 0.359 e. The highest BCUT2D eigenvalue weighted by Crippen LogP contribution is 2.14. The second-order valence-electron chi connectivity index (χ2n) is 7.35. The maximum atomic E-state index is 5.36. The first-order chi connectivity index (χ1) is 12.6. The minimum atomic E-state index is 0.376. The van der Waals surface area contributed by atoms with Crippen LogP contribution in [0.4, 0.5) is 0 Å². The van der Waals surface area contributed by atoms with Crippen molar-refractivity contribution in [3.05, 3.63) is 17.5 Å². The van der Waals surface area contributed by atoms with Gasteiger partial charge in [0.05, 0.1) is 5.69 Å². The third-order valence-electron chi connectivity index (χ3n) is 4.66. The molecule has 0 aromatic carbocycles. The molecule has 0 spiro atoms. The van der Waals surface area contributed by atoms with Gasteiger partial charge in [-0.15, -0.1) is 0 Å². The lowest BCUT2D eigenvalue weighted by Crippen LogP contribution is -2.39. The van der Waals surface area contributed by atoms with Gasteiger partial charge >= 0.3 is 0 Å². The standard InChI is InChI=1S/C19H36N6O/c1-5-20-19(22-15-17-14-18(16(2)3)23-26-17)21-8-6-10-25-11-7-9-24(4)12-13-25/h14,16H,5-13,15H2,1-4H3,(H2,20,21,22). The van der Waals surface area contributed by atoms with E-state index in [1.807, 2.05) is 6.07 Å². The summed E-state index contributed by atoms with van der Waals surface area (Å²) >= 11 is 0. The van der Waals surface area contributed by atoms with E-state index in [-0.39, 0.29) is 0 Å². The van der Waals surface area contributed by atoms with Crippen LogP contribution in [0.25, 0.3) is 0 Å². The summed E-state index contributed by atoms with van der Waals surface area (Å²) in [5.74, 6) is 2.02. The number of nitrogens with zero attached hydrogens (tertiary/aromatic N) is 4. The Morgan fingerprint density at radius 3 is 2.85 bits per heavy atom. The molecular formula is C19H36N6O. The molecule has 7 nitrogen and oxygen atoms in total. The number of hydrogen-bond donors (Lipinski definition) is 2. The van der Waals surface area contributed by atoms with Crippen molar-refractivity contribution in [2.75, 3.05) is 52.9 Å². The summed E-state index contributed by atoms with van der Waals surface area (Å²) < 4.78 is 5.36. The molecule has 1 aliphatic heterocycles. The van der Waals surface area contributed by atoms with Gasteiger partial charge in [-0.05, 0) is 52.4 Å². The summed E-state index contributed by atoms with van der Waals surface area (Å²) in [6.45, 7) is 14.5. The van der Waals surface area contributed by atoms with Crippen LogP contribution < -0.4 is 10.6 Å². The topological polar surface area (TPSA) is 68.9 Å². The molecule has 2 N–H and O–H groups in total. The molecule has 0 radical (unpaired) electrons. The van der Waals surface area contributed by atoms with E-state index in [4.69, 9.17) is 4.52 Å². The van der Waals surface area contributed by atoms with Crippen molar-refractivity contribution in [2.24, 2.45) is 4.99 Å². The van der Waals surface area contributed by atoms with Crippen LogP contribution in [0.15, 0.2) is 15.6 Å². The number of hydrogen-bond acceptors (Lipinski definition) is 5. The Balaban J connectivity index is 1.72. The van der Waals surface area contributed by atoms with Crippen molar-refractivity contribution in [3.63, 3.8) is 0 Å². The van der Waals surface area contributed by atoms with Crippen LogP contribution in [0.3, 0.4) is 0 Å². The minimum absolute atomic E-state index is 0.376. The lowest BCUT2D eigenvalue weighted by molar-refractivity contribution is 0.274. The van der Waals surface area contributed by atoms with Crippen molar-refractivity contribution in [3.8, 4) is 0 Å². The number of aliphatic imine (C=N–C) groups is 1. The molecule has 1 aromatic rings. The third-order valence-corrected chi connectivity index (χ3v) is 4.66. The molecule has 26 heavy (non-hydrogen) atoms. The molecule has 0 aliphatic carbocycles. The van der Waals surface area contributed by atoms with Gasteiger partial charge in [0.2, 0.25) is 0 Å². The quantitative estimate of drug-likeness (QED) is 0.417. The highest BCUT2D eigenvalue weighted by atomic mass is 16.5. The van der Waals surface area contributed by atoms with Gasteiger partial charge in [-0.25, -0.2) is 4.99 Å². The van der Waals surface area contributed by atoms with E-state index in [2.05, 4.69) is 58.4 Å². The van der Waals surface area contributed by atoms with Crippen molar-refractivity contribution in [1.82, 2.24) is 25.6 Å². The molecule has 1 fully saturated rings. The number of aromatic nitrogens is 1. The Labute approximate surface area is 158 Å². The average Bonchev–Trinajstić information content (AvgIpc) is 3.00. The smallest absolute Gasteiger partial charge is 0.191 e. The van der Waals surface area contributed by atoms with Crippen LogP contribution in [-0.2, 0) is 6.54 Å². The maximum Gasteiger partial charge on any atom is 0.191 e. The highest BCUT2D eigenvalue weighted by Gasteiger charge is 2.11. The third kappa shape index (κ3) is 7.33. The summed E-state index contributed by atoms with van der Waals surface area (Å²) in [6, 6.07) is 1.99. The van der Waals surface area contributed by atoms with Crippen LogP contribution in [0, 0.1) is 0 Å². The van der Waals surface area contributed by atoms with E-state index in [1.165, 1.54) is 32.6 Å². The summed E-state index contributed by atoms with van der Waals surface area (Å²) in [6.07, 6.45) is 2.39. The molecule has 0 saturated carbocycles. The molecule has 0 atom stereocenters. The molecule has 148 valence electrons. The van der Waals surface area contributed by atoms with E-state index in [1.54, 1.807) is 0 Å². The zero-order valence-electron chi connectivity index (χ0n) is 16.9. The first-order valence-corrected chi connectivity index (χ1v) is 9.97. The second kappa shape index (κ2) is 11.2. The molecule has 2 heterocycles. The number of guanidine groups is 1. The zero-order valence-corrected chi connectivity index (χ0v) is 16.9. The Kier molecular flexibility index (Phi) is 8.91. The fourth-order valence-electron chi connectivity index (χ4n) is 3.01. The molecule has 0 bridgehead atoms. The van der Waals surface area contributed by atoms with Crippen molar-refractivity contribution < 1.29 is 4.52 Å². The summed E-state index contributed by atoms with van der Waals surface area (Å²) in [4.78, 5) is 9.59. The van der Waals surface area contributed by atoms with Crippen molar-refractivity contribution in [2.45, 2.75) is 46.1 Å². The Hall–Kier alpha value is -1.60. The van der Waals surface area contributed by atoms with E-state index in [9.17, 15) is 0 Å². The summed E-state index contributed by atoms with van der Waals surface area (Å²) in [5, 5.41) is 10.8. The molecular weight excluding hydrogens is 328 g/mol. The molecule has 0 unspecified atom stereocenters. The van der Waals surface area contributed by atoms with Crippen LogP contribution in [-0.4, -0.2) is 73.8 Å². The Bertz CT molecular complexity index is 542. The molecule has 2 rings (SSSR count). The number of nitrogens with one attached hydrogen (secondary N) is 2. The highest BCUT2D eigenvalue weighted by molar-refractivity contribution is 5.79. The van der Waals surface area contributed by atoms with Gasteiger partial charge in [-0.1, -0.05) is 19.0 Å². The lowest BCUT2D eigenvalue weighted by atomic mass is 10.1. The van der Waals surface area contributed by atoms with E-state index >= 15 is 0 Å². The van der Waals surface area contributed by atoms with E-state index < -0.39 is 0 Å². The van der Waals surface area contributed by atoms with Gasteiger partial charge in [0.15, 0.2) is 11.7 Å². The first-order valence-electron chi connectivity index (χ1n) is 9.97. The molecule has 1 aliphatic rings. The van der Waals surface area contributed by atoms with Crippen molar-refractivity contribution in [1.29, 1.82) is 0 Å². The molecule has 7 heteroatoms. The maximum absolute atomic E-state index is 5.36. The number of likely N-dealkylation sites (N-methyl/N-ethyl adjacent to an activating group) is 1. The van der Waals surface area contributed by atoms with Gasteiger partial charge in [0.1, 0.15) is 6.54 Å². The van der Waals surface area contributed by atoms with Crippen LogP contribution in [0.1, 0.15) is 51.0 Å². The number of rotatable bonds is 8. The summed E-state index contributed by atoms with van der Waals surface area (Å²) in [7, 11) is 2.21. The normalized spacial score (nSPS) is 17.5. The van der Waals surface area contributed by atoms with Gasteiger partial charge in [-0.2, -0.15) is 0 Å². The van der Waals surface area contributed by atoms with Crippen LogP contribution in [0.5, 0.6) is 0 Å². The van der Waals surface area contributed by atoms with Crippen molar-refractivity contribution >= 4 is 5.96 Å². The van der Waals surface area contributed by atoms with Gasteiger partial charge in [0, 0.05) is 32.2 Å². The fraction of sp³-hybridized carbons (Fsp3) is 0.789. The van der Waals surface area contributed by atoms with E-state index in [0.29, 0.717) is 12.5 Å². The SMILES string of the molecule is CCNC(=NCc1cc(C(C)C)no1)NCCCN1CCCN(C)CC1. The minimum Gasteiger partial charge on any atom is -0.359 e. The van der Waals surface area contributed by atoms with E-state index in [0.717, 1.165) is 43.5 Å². The second-order valence-corrected chi connectivity index (χ2v) is 7.35. The van der Waals surface area contributed by atoms with Gasteiger partial charge in [-0.3, -0.25) is 0 Å². The Morgan fingerprint density at radius 2 is 2.12 bits per heavy atom. The van der Waals surface area contributed by atoms with Crippen LogP contribution in [0.2, 0.25) is 0 Å². The first kappa shape index (κ1) is 20.7. The average molecular weight is 365 g/mol. The molecule has 0 amide bonds. The Morgan fingerprint density at radius 1 is 1.27 bits per heavy atom. The molecule has 1 saturated heterocycles. The predicted molar refractivity (Wildman–Crippen MR) is 107 cm³/mol. The zero-order chi connectivity index (χ0) is 18.8. The van der Waals surface area contributed by atoms with Gasteiger partial charge < -0.3 is 25.0 Å². The van der Waals surface area contributed by atoms with Crippen LogP contribution >= 0.6 is 0 Å². The lowest BCUT2D eigenvalue weighted by Gasteiger charge is -2.20.